The zero-order valence-corrected chi connectivity index (χ0v) is 7.33. The van der Waals surface area contributed by atoms with Gasteiger partial charge in [0.05, 0.1) is 13.2 Å². The third-order valence-electron chi connectivity index (χ3n) is 0.813. The van der Waals surface area contributed by atoms with Gasteiger partial charge in [-0.3, -0.25) is 0 Å². The molecule has 0 radical (unpaired) electrons. The van der Waals surface area contributed by atoms with Crippen LogP contribution in [-0.4, -0.2) is 34.3 Å². The molecule has 0 N–H and O–H groups in total. The average molecular weight is 195 g/mol. The number of nitrogens with zero attached hydrogens (tertiary/aromatic N) is 1. The van der Waals surface area contributed by atoms with Crippen LogP contribution in [-0.2, 0) is 24.0 Å². The lowest BCUT2D eigenvalue weighted by Gasteiger charge is -1.99. The topological polar surface area (TPSA) is 82.0 Å². The van der Waals surface area contributed by atoms with Crippen LogP contribution < -0.4 is 0 Å². The summed E-state index contributed by atoms with van der Waals surface area (Å²) in [4.78, 5) is 9.53. The molecule has 70 valence electrons. The van der Waals surface area contributed by atoms with Crippen LogP contribution in [0, 0.1) is 0 Å². The first-order valence-corrected chi connectivity index (χ1v) is 4.55. The zero-order valence-electron chi connectivity index (χ0n) is 6.52. The highest BCUT2D eigenvalue weighted by molar-refractivity contribution is 7.85. The molecule has 0 heterocycles. The first-order chi connectivity index (χ1) is 5.62. The maximum absolute atomic E-state index is 10.5. The lowest BCUT2D eigenvalue weighted by atomic mass is 10.8. The van der Waals surface area contributed by atoms with Gasteiger partial charge < -0.3 is 4.74 Å². The predicted molar refractivity (Wildman–Crippen MR) is 39.5 cm³/mol. The summed E-state index contributed by atoms with van der Waals surface area (Å²) in [5.74, 6) is 0. The fourth-order valence-corrected chi connectivity index (χ4v) is 0.837. The van der Waals surface area contributed by atoms with Crippen LogP contribution in [0.2, 0.25) is 0 Å². The Balaban J connectivity index is 3.70. The molecule has 0 aromatic rings. The van der Waals surface area contributed by atoms with Crippen LogP contribution >= 0.6 is 0 Å². The van der Waals surface area contributed by atoms with Crippen molar-refractivity contribution in [1.82, 2.24) is 0 Å². The lowest BCUT2D eigenvalue weighted by Crippen LogP contribution is -2.08. The summed E-state index contributed by atoms with van der Waals surface area (Å²) in [5.41, 5.74) is 0. The molecule has 0 aliphatic rings. The minimum Gasteiger partial charge on any atom is -0.379 e. The van der Waals surface area contributed by atoms with E-state index in [2.05, 4.69) is 8.58 Å². The number of rotatable bonds is 6. The van der Waals surface area contributed by atoms with E-state index >= 15 is 0 Å². The second-order valence-electron chi connectivity index (χ2n) is 1.63. The van der Waals surface area contributed by atoms with Gasteiger partial charge in [0.2, 0.25) is 0 Å². The van der Waals surface area contributed by atoms with E-state index < -0.39 is 10.3 Å². The molecule has 0 saturated carbocycles. The van der Waals surface area contributed by atoms with Crippen LogP contribution in [0.5, 0.6) is 0 Å². The van der Waals surface area contributed by atoms with Crippen LogP contribution in [0.25, 0.3) is 0 Å². The highest BCUT2D eigenvalue weighted by atomic mass is 32.2. The first kappa shape index (κ1) is 11.2. The minimum absolute atomic E-state index is 0.143. The molecule has 0 fully saturated rings. The van der Waals surface area contributed by atoms with Crippen LogP contribution in [0.3, 0.4) is 0 Å². The molecule has 0 bridgehead atoms. The zero-order chi connectivity index (χ0) is 9.45. The van der Waals surface area contributed by atoms with Crippen molar-refractivity contribution in [3.05, 3.63) is 0 Å². The van der Waals surface area contributed by atoms with Crippen LogP contribution in [0.1, 0.15) is 6.92 Å². The van der Waals surface area contributed by atoms with Gasteiger partial charge in [-0.15, -0.1) is 0 Å². The Morgan fingerprint density at radius 2 is 2.08 bits per heavy atom. The average Bonchev–Trinajstić information content (AvgIpc) is 1.98. The van der Waals surface area contributed by atoms with Crippen molar-refractivity contribution in [3.63, 3.8) is 0 Å². The Morgan fingerprint density at radius 3 is 2.58 bits per heavy atom. The maximum atomic E-state index is 10.5. The van der Waals surface area contributed by atoms with E-state index in [0.29, 0.717) is 6.61 Å². The number of ether oxygens (including phenoxy) is 1. The Morgan fingerprint density at radius 1 is 1.42 bits per heavy atom. The molecule has 0 spiro atoms. The van der Waals surface area contributed by atoms with Crippen molar-refractivity contribution in [2.75, 3.05) is 19.8 Å². The standard InChI is InChI=1S/C5H9NO5S/c1-2-10-3-4-11-12(8,9)6-5-7/h2-4H2,1H3. The van der Waals surface area contributed by atoms with E-state index in [-0.39, 0.29) is 13.2 Å². The third kappa shape index (κ3) is 5.99. The Labute approximate surface area is 70.5 Å². The first-order valence-electron chi connectivity index (χ1n) is 3.18. The minimum atomic E-state index is -4.09. The van der Waals surface area contributed by atoms with Gasteiger partial charge in [0, 0.05) is 6.61 Å². The van der Waals surface area contributed by atoms with E-state index in [1.54, 1.807) is 6.92 Å². The molecule has 0 rings (SSSR count). The van der Waals surface area contributed by atoms with E-state index in [4.69, 9.17) is 4.74 Å². The van der Waals surface area contributed by atoms with Crippen LogP contribution in [0.4, 0.5) is 0 Å². The summed E-state index contributed by atoms with van der Waals surface area (Å²) in [5, 5.41) is 0. The SMILES string of the molecule is CCOCCOS(=O)(=O)N=C=O. The van der Waals surface area contributed by atoms with Crippen molar-refractivity contribution in [1.29, 1.82) is 0 Å². The molecule has 0 amide bonds. The maximum Gasteiger partial charge on any atom is 0.391 e. The summed E-state index contributed by atoms with van der Waals surface area (Å²) in [6.45, 7) is 2.23. The Hall–Kier alpha value is -0.750. The fourth-order valence-electron chi connectivity index (χ4n) is 0.415. The van der Waals surface area contributed by atoms with Gasteiger partial charge in [-0.1, -0.05) is 4.40 Å². The number of carbonyl (C=O) groups excluding carboxylic acids is 1. The van der Waals surface area contributed by atoms with Crippen molar-refractivity contribution in [2.45, 2.75) is 6.92 Å². The predicted octanol–water partition coefficient (Wildman–Crippen LogP) is -0.380. The summed E-state index contributed by atoms with van der Waals surface area (Å²) < 4.78 is 32.4. The van der Waals surface area contributed by atoms with Gasteiger partial charge >= 0.3 is 10.3 Å². The van der Waals surface area contributed by atoms with Gasteiger partial charge in [-0.2, -0.15) is 8.42 Å². The second kappa shape index (κ2) is 5.84. The lowest BCUT2D eigenvalue weighted by molar-refractivity contribution is 0.112. The van der Waals surface area contributed by atoms with Crippen molar-refractivity contribution < 1.29 is 22.1 Å². The van der Waals surface area contributed by atoms with Crippen LogP contribution in [0.15, 0.2) is 4.40 Å². The van der Waals surface area contributed by atoms with Crippen molar-refractivity contribution >= 4 is 16.4 Å². The quantitative estimate of drug-likeness (QED) is 0.328. The summed E-state index contributed by atoms with van der Waals surface area (Å²) in [7, 11) is -4.09. The summed E-state index contributed by atoms with van der Waals surface area (Å²) in [6.07, 6.45) is 0.870. The highest BCUT2D eigenvalue weighted by Crippen LogP contribution is 1.92. The molecule has 0 atom stereocenters. The van der Waals surface area contributed by atoms with E-state index in [1.807, 2.05) is 0 Å². The van der Waals surface area contributed by atoms with Gasteiger partial charge in [0.15, 0.2) is 0 Å². The number of isocyanates is 1. The number of hydrogen-bond acceptors (Lipinski definition) is 5. The molecular formula is C5H9NO5S. The van der Waals surface area contributed by atoms with Gasteiger partial charge in [0.1, 0.15) is 0 Å². The Kier molecular flexibility index (Phi) is 5.48. The molecule has 0 unspecified atom stereocenters. The summed E-state index contributed by atoms with van der Waals surface area (Å²) in [6, 6.07) is 0. The van der Waals surface area contributed by atoms with Gasteiger partial charge in [-0.05, 0) is 6.92 Å². The monoisotopic (exact) mass is 195 g/mol. The van der Waals surface area contributed by atoms with E-state index in [9.17, 15) is 13.2 Å². The Bertz CT molecular complexity index is 253. The molecular weight excluding hydrogens is 186 g/mol. The molecule has 0 aromatic heterocycles. The molecule has 0 saturated heterocycles. The van der Waals surface area contributed by atoms with E-state index in [0.717, 1.165) is 6.08 Å². The normalized spacial score (nSPS) is 10.8. The van der Waals surface area contributed by atoms with Crippen molar-refractivity contribution in [3.8, 4) is 0 Å². The van der Waals surface area contributed by atoms with Crippen molar-refractivity contribution in [2.24, 2.45) is 4.40 Å². The molecule has 12 heavy (non-hydrogen) atoms. The fraction of sp³-hybridized carbons (Fsp3) is 0.800. The molecule has 6 nitrogen and oxygen atoms in total. The van der Waals surface area contributed by atoms with Gasteiger partial charge in [-0.25, -0.2) is 8.98 Å². The molecule has 0 aliphatic carbocycles. The van der Waals surface area contributed by atoms with E-state index in [1.165, 1.54) is 0 Å². The number of hydrogen-bond donors (Lipinski definition) is 0. The van der Waals surface area contributed by atoms with Gasteiger partial charge in [0.25, 0.3) is 6.08 Å². The molecule has 7 heteroatoms. The smallest absolute Gasteiger partial charge is 0.379 e. The third-order valence-corrected chi connectivity index (χ3v) is 1.58. The largest absolute Gasteiger partial charge is 0.391 e. The highest BCUT2D eigenvalue weighted by Gasteiger charge is 2.06. The molecule has 0 aliphatic heterocycles. The molecule has 0 aromatic carbocycles. The second-order valence-corrected chi connectivity index (χ2v) is 2.90. The summed E-state index contributed by atoms with van der Waals surface area (Å²) >= 11 is 0.